The Labute approximate surface area is 134 Å². The molecule has 1 saturated carbocycles. The van der Waals surface area contributed by atoms with Gasteiger partial charge in [0.15, 0.2) is 0 Å². The molecule has 3 rings (SSSR count). The normalized spacial score (nSPS) is 15.0. The maximum Gasteiger partial charge on any atom is 0.319 e. The van der Waals surface area contributed by atoms with Crippen molar-refractivity contribution in [2.45, 2.75) is 18.4 Å². The van der Waals surface area contributed by atoms with Gasteiger partial charge in [0, 0.05) is 10.7 Å². The lowest BCUT2D eigenvalue weighted by atomic mass is 10.1. The van der Waals surface area contributed by atoms with Crippen molar-refractivity contribution < 1.29 is 9.53 Å². The van der Waals surface area contributed by atoms with Crippen LogP contribution in [0.25, 0.3) is 0 Å². The van der Waals surface area contributed by atoms with Gasteiger partial charge in [-0.1, -0.05) is 29.8 Å². The smallest absolute Gasteiger partial charge is 0.319 e. The Morgan fingerprint density at radius 2 is 1.91 bits per heavy atom. The van der Waals surface area contributed by atoms with Crippen molar-refractivity contribution in [3.05, 3.63) is 59.1 Å². The standard InChI is InChI=1S/C17H17ClN2O2/c1-22-15-7-5-12(6-8-15)17(9-10-17)20-16(21)19-14-4-2-3-13(18)11-14/h2-8,11H,9-10H2,1H3,(H2,19,20,21). The van der Waals surface area contributed by atoms with E-state index in [0.29, 0.717) is 10.7 Å². The molecule has 2 aromatic carbocycles. The average Bonchev–Trinajstić information content (AvgIpc) is 3.28. The van der Waals surface area contributed by atoms with Crippen molar-refractivity contribution >= 4 is 23.3 Å². The first-order chi connectivity index (χ1) is 10.6. The number of carbonyl (C=O) groups excluding carboxylic acids is 1. The number of hydrogen-bond acceptors (Lipinski definition) is 2. The van der Waals surface area contributed by atoms with Gasteiger partial charge in [0.25, 0.3) is 0 Å². The van der Waals surface area contributed by atoms with Gasteiger partial charge in [0.2, 0.25) is 0 Å². The second-order valence-electron chi connectivity index (χ2n) is 5.40. The number of carbonyl (C=O) groups is 1. The zero-order chi connectivity index (χ0) is 15.6. The van der Waals surface area contributed by atoms with E-state index in [2.05, 4.69) is 10.6 Å². The molecule has 0 aromatic heterocycles. The third kappa shape index (κ3) is 3.17. The van der Waals surface area contributed by atoms with E-state index in [-0.39, 0.29) is 11.6 Å². The highest BCUT2D eigenvalue weighted by Crippen LogP contribution is 2.45. The third-order valence-electron chi connectivity index (χ3n) is 3.83. The number of amides is 2. The highest BCUT2D eigenvalue weighted by Gasteiger charge is 2.45. The molecular formula is C17H17ClN2O2. The summed E-state index contributed by atoms with van der Waals surface area (Å²) in [5, 5.41) is 6.46. The minimum absolute atomic E-state index is 0.226. The van der Waals surface area contributed by atoms with Gasteiger partial charge in [-0.05, 0) is 48.7 Å². The zero-order valence-electron chi connectivity index (χ0n) is 12.2. The lowest BCUT2D eigenvalue weighted by Crippen LogP contribution is -2.38. The molecule has 0 bridgehead atoms. The molecule has 0 aliphatic heterocycles. The predicted molar refractivity (Wildman–Crippen MR) is 87.5 cm³/mol. The fourth-order valence-corrected chi connectivity index (χ4v) is 2.66. The van der Waals surface area contributed by atoms with Crippen LogP contribution in [-0.2, 0) is 5.54 Å². The van der Waals surface area contributed by atoms with Crippen LogP contribution in [0.15, 0.2) is 48.5 Å². The summed E-state index contributed by atoms with van der Waals surface area (Å²) in [6, 6.07) is 14.7. The fraction of sp³-hybridized carbons (Fsp3) is 0.235. The van der Waals surface area contributed by atoms with E-state index in [1.807, 2.05) is 24.3 Å². The number of methoxy groups -OCH3 is 1. The van der Waals surface area contributed by atoms with Gasteiger partial charge in [-0.3, -0.25) is 0 Å². The van der Waals surface area contributed by atoms with Crippen LogP contribution in [0.2, 0.25) is 5.02 Å². The molecule has 2 N–H and O–H groups in total. The number of hydrogen-bond donors (Lipinski definition) is 2. The van der Waals surface area contributed by atoms with E-state index >= 15 is 0 Å². The number of halogens is 1. The summed E-state index contributed by atoms with van der Waals surface area (Å²) in [6.45, 7) is 0. The number of rotatable bonds is 4. The Bertz CT molecular complexity index is 681. The zero-order valence-corrected chi connectivity index (χ0v) is 13.0. The lowest BCUT2D eigenvalue weighted by Gasteiger charge is -2.19. The van der Waals surface area contributed by atoms with Crippen LogP contribution in [0.4, 0.5) is 10.5 Å². The summed E-state index contributed by atoms with van der Waals surface area (Å²) in [7, 11) is 1.64. The molecule has 1 aliphatic rings. The molecule has 2 amide bonds. The molecule has 5 heteroatoms. The summed E-state index contributed by atoms with van der Waals surface area (Å²) in [6.07, 6.45) is 1.87. The maximum absolute atomic E-state index is 12.2. The number of anilines is 1. The molecule has 0 spiro atoms. The third-order valence-corrected chi connectivity index (χ3v) is 4.06. The molecule has 1 aliphatic carbocycles. The molecule has 0 radical (unpaired) electrons. The Morgan fingerprint density at radius 1 is 1.18 bits per heavy atom. The van der Waals surface area contributed by atoms with Crippen molar-refractivity contribution in [2.75, 3.05) is 12.4 Å². The van der Waals surface area contributed by atoms with Crippen LogP contribution < -0.4 is 15.4 Å². The van der Waals surface area contributed by atoms with Gasteiger partial charge >= 0.3 is 6.03 Å². The minimum Gasteiger partial charge on any atom is -0.497 e. The maximum atomic E-state index is 12.2. The van der Waals surface area contributed by atoms with E-state index < -0.39 is 0 Å². The van der Waals surface area contributed by atoms with Gasteiger partial charge in [-0.25, -0.2) is 4.79 Å². The second kappa shape index (κ2) is 5.89. The minimum atomic E-state index is -0.269. The highest BCUT2D eigenvalue weighted by atomic mass is 35.5. The van der Waals surface area contributed by atoms with Gasteiger partial charge < -0.3 is 15.4 Å². The highest BCUT2D eigenvalue weighted by molar-refractivity contribution is 6.30. The van der Waals surface area contributed by atoms with Crippen LogP contribution in [0, 0.1) is 0 Å². The van der Waals surface area contributed by atoms with Crippen LogP contribution in [-0.4, -0.2) is 13.1 Å². The summed E-state index contributed by atoms with van der Waals surface area (Å²) < 4.78 is 5.16. The van der Waals surface area contributed by atoms with Gasteiger partial charge in [0.1, 0.15) is 5.75 Å². The van der Waals surface area contributed by atoms with Crippen molar-refractivity contribution in [2.24, 2.45) is 0 Å². The molecule has 0 unspecified atom stereocenters. The monoisotopic (exact) mass is 316 g/mol. The molecule has 2 aromatic rings. The van der Waals surface area contributed by atoms with Crippen LogP contribution in [0.5, 0.6) is 5.75 Å². The molecule has 0 heterocycles. The van der Waals surface area contributed by atoms with Crippen molar-refractivity contribution in [1.82, 2.24) is 5.32 Å². The number of urea groups is 1. The predicted octanol–water partition coefficient (Wildman–Crippen LogP) is 4.16. The molecule has 4 nitrogen and oxygen atoms in total. The average molecular weight is 317 g/mol. The SMILES string of the molecule is COc1ccc(C2(NC(=O)Nc3cccc(Cl)c3)CC2)cc1. The van der Waals surface area contributed by atoms with Crippen molar-refractivity contribution in [3.63, 3.8) is 0 Å². The Balaban J connectivity index is 1.67. The lowest BCUT2D eigenvalue weighted by molar-refractivity contribution is 0.247. The molecule has 0 saturated heterocycles. The molecule has 0 atom stereocenters. The Hall–Kier alpha value is -2.20. The first kappa shape index (κ1) is 14.7. The summed E-state index contributed by atoms with van der Waals surface area (Å²) in [5.74, 6) is 0.808. The van der Waals surface area contributed by atoms with E-state index in [4.69, 9.17) is 16.3 Å². The first-order valence-electron chi connectivity index (χ1n) is 7.11. The number of benzene rings is 2. The Morgan fingerprint density at radius 3 is 2.50 bits per heavy atom. The largest absolute Gasteiger partial charge is 0.497 e. The second-order valence-corrected chi connectivity index (χ2v) is 5.84. The summed E-state index contributed by atoms with van der Waals surface area (Å²) in [5.41, 5.74) is 1.50. The number of ether oxygens (including phenoxy) is 1. The molecule has 114 valence electrons. The summed E-state index contributed by atoms with van der Waals surface area (Å²) >= 11 is 5.91. The number of nitrogens with one attached hydrogen (secondary N) is 2. The molecule has 22 heavy (non-hydrogen) atoms. The summed E-state index contributed by atoms with van der Waals surface area (Å²) in [4.78, 5) is 12.2. The Kier molecular flexibility index (Phi) is 3.94. The topological polar surface area (TPSA) is 50.4 Å². The van der Waals surface area contributed by atoms with Crippen molar-refractivity contribution in [3.8, 4) is 5.75 Å². The quantitative estimate of drug-likeness (QED) is 0.890. The van der Waals surface area contributed by atoms with Crippen molar-refractivity contribution in [1.29, 1.82) is 0 Å². The van der Waals surface area contributed by atoms with Gasteiger partial charge in [0.05, 0.1) is 12.6 Å². The van der Waals surface area contributed by atoms with Gasteiger partial charge in [-0.2, -0.15) is 0 Å². The van der Waals surface area contributed by atoms with Crippen LogP contribution >= 0.6 is 11.6 Å². The molecular weight excluding hydrogens is 300 g/mol. The fourth-order valence-electron chi connectivity index (χ4n) is 2.47. The van der Waals surface area contributed by atoms with Crippen LogP contribution in [0.3, 0.4) is 0 Å². The van der Waals surface area contributed by atoms with E-state index in [9.17, 15) is 4.79 Å². The van der Waals surface area contributed by atoms with E-state index in [0.717, 1.165) is 24.2 Å². The van der Waals surface area contributed by atoms with Crippen LogP contribution in [0.1, 0.15) is 18.4 Å². The van der Waals surface area contributed by atoms with Gasteiger partial charge in [-0.15, -0.1) is 0 Å². The first-order valence-corrected chi connectivity index (χ1v) is 7.48. The van der Waals surface area contributed by atoms with E-state index in [1.54, 1.807) is 31.4 Å². The molecule has 1 fully saturated rings. The van der Waals surface area contributed by atoms with E-state index in [1.165, 1.54) is 0 Å².